The van der Waals surface area contributed by atoms with Crippen molar-refractivity contribution < 1.29 is 19.0 Å². The van der Waals surface area contributed by atoms with Crippen molar-refractivity contribution in [1.29, 1.82) is 0 Å². The second-order valence-corrected chi connectivity index (χ2v) is 8.56. The molecule has 32 heavy (non-hydrogen) atoms. The zero-order valence-corrected chi connectivity index (χ0v) is 19.0. The molecule has 4 heterocycles. The van der Waals surface area contributed by atoms with E-state index in [1.807, 2.05) is 32.9 Å². The number of fused-ring (bicyclic) bond motifs is 2. The molecule has 0 amide bonds. The Morgan fingerprint density at radius 3 is 2.62 bits per heavy atom. The van der Waals surface area contributed by atoms with E-state index in [1.54, 1.807) is 32.7 Å². The third kappa shape index (κ3) is 3.91. The standard InChI is InChI=1S/C24H28N4O4/c1-13-14(2)32-23(29)17-7-6-15(28-21(13)17)8-16-9-18-19(10-26-16)22(31-5)27-11-20(18)24(3,25)12-30-4/h6-7,9-11,13-14H,8,12,25H2,1-5H3/t13-,14-,24+/m0/s1. The number of esters is 1. The summed E-state index contributed by atoms with van der Waals surface area (Å²) < 4.78 is 16.1. The number of pyridine rings is 3. The fourth-order valence-corrected chi connectivity index (χ4v) is 4.12. The van der Waals surface area contributed by atoms with Gasteiger partial charge in [0.2, 0.25) is 5.88 Å². The summed E-state index contributed by atoms with van der Waals surface area (Å²) in [7, 11) is 3.20. The lowest BCUT2D eigenvalue weighted by molar-refractivity contribution is 0.0234. The molecule has 0 saturated carbocycles. The van der Waals surface area contributed by atoms with Crippen LogP contribution in [-0.4, -0.2) is 47.9 Å². The van der Waals surface area contributed by atoms with Crippen LogP contribution in [0.3, 0.4) is 0 Å². The zero-order valence-electron chi connectivity index (χ0n) is 19.0. The van der Waals surface area contributed by atoms with Gasteiger partial charge in [0.15, 0.2) is 0 Å². The van der Waals surface area contributed by atoms with Crippen molar-refractivity contribution in [2.45, 2.75) is 44.8 Å². The molecule has 0 aliphatic carbocycles. The van der Waals surface area contributed by atoms with Gasteiger partial charge in [-0.2, -0.15) is 0 Å². The average Bonchev–Trinajstić information content (AvgIpc) is 2.76. The molecule has 4 rings (SSSR count). The average molecular weight is 437 g/mol. The molecule has 1 aliphatic rings. The van der Waals surface area contributed by atoms with E-state index in [9.17, 15) is 4.79 Å². The summed E-state index contributed by atoms with van der Waals surface area (Å²) in [5, 5.41) is 1.69. The number of ether oxygens (including phenoxy) is 3. The van der Waals surface area contributed by atoms with Crippen molar-refractivity contribution in [2.75, 3.05) is 20.8 Å². The van der Waals surface area contributed by atoms with Crippen molar-refractivity contribution in [3.63, 3.8) is 0 Å². The Bertz CT molecular complexity index is 1180. The van der Waals surface area contributed by atoms with E-state index in [4.69, 9.17) is 24.9 Å². The SMILES string of the molecule is COC[C@@](C)(N)c1cnc(OC)c2cnc(Cc3ccc4c(n3)[C@@H](C)[C@H](C)OC4=O)cc12. The highest BCUT2D eigenvalue weighted by atomic mass is 16.5. The van der Waals surface area contributed by atoms with Crippen molar-refractivity contribution in [3.8, 4) is 5.88 Å². The first-order valence-electron chi connectivity index (χ1n) is 10.6. The maximum atomic E-state index is 12.2. The summed E-state index contributed by atoms with van der Waals surface area (Å²) in [5.41, 5.74) is 9.62. The van der Waals surface area contributed by atoms with Gasteiger partial charge in [0.1, 0.15) is 6.10 Å². The first kappa shape index (κ1) is 22.1. The smallest absolute Gasteiger partial charge is 0.340 e. The van der Waals surface area contributed by atoms with Crippen LogP contribution in [0.2, 0.25) is 0 Å². The first-order valence-corrected chi connectivity index (χ1v) is 10.6. The summed E-state index contributed by atoms with van der Waals surface area (Å²) >= 11 is 0. The highest BCUT2D eigenvalue weighted by molar-refractivity contribution is 5.92. The van der Waals surface area contributed by atoms with E-state index in [2.05, 4.69) is 9.97 Å². The molecule has 0 spiro atoms. The number of hydrogen-bond acceptors (Lipinski definition) is 8. The maximum Gasteiger partial charge on any atom is 0.340 e. The Labute approximate surface area is 187 Å². The van der Waals surface area contributed by atoms with Crippen LogP contribution < -0.4 is 10.5 Å². The summed E-state index contributed by atoms with van der Waals surface area (Å²) in [6, 6.07) is 5.63. The molecule has 168 valence electrons. The minimum absolute atomic E-state index is 0.0288. The van der Waals surface area contributed by atoms with Gasteiger partial charge in [-0.1, -0.05) is 6.92 Å². The number of aromatic nitrogens is 3. The Morgan fingerprint density at radius 2 is 1.91 bits per heavy atom. The van der Waals surface area contributed by atoms with Gasteiger partial charge in [-0.25, -0.2) is 9.78 Å². The first-order chi connectivity index (χ1) is 15.2. The van der Waals surface area contributed by atoms with Crippen LogP contribution in [0, 0.1) is 0 Å². The number of carbonyl (C=O) groups excluding carboxylic acids is 1. The van der Waals surface area contributed by atoms with Crippen molar-refractivity contribution in [2.24, 2.45) is 5.73 Å². The highest BCUT2D eigenvalue weighted by Crippen LogP contribution is 2.33. The molecule has 2 N–H and O–H groups in total. The molecule has 1 aliphatic heterocycles. The van der Waals surface area contributed by atoms with Gasteiger partial charge in [-0.05, 0) is 37.4 Å². The third-order valence-corrected chi connectivity index (χ3v) is 6.04. The number of rotatable bonds is 6. The van der Waals surface area contributed by atoms with Crippen LogP contribution in [0.25, 0.3) is 10.8 Å². The molecule has 0 unspecified atom stereocenters. The van der Waals surface area contributed by atoms with Gasteiger partial charge in [0, 0.05) is 48.8 Å². The molecule has 0 bridgehead atoms. The van der Waals surface area contributed by atoms with E-state index in [0.717, 1.165) is 33.4 Å². The van der Waals surface area contributed by atoms with Crippen LogP contribution in [0.15, 0.2) is 30.6 Å². The van der Waals surface area contributed by atoms with Gasteiger partial charge in [-0.15, -0.1) is 0 Å². The highest BCUT2D eigenvalue weighted by Gasteiger charge is 2.31. The Hall–Kier alpha value is -3.10. The molecule has 0 aromatic carbocycles. The minimum Gasteiger partial charge on any atom is -0.481 e. The van der Waals surface area contributed by atoms with Gasteiger partial charge >= 0.3 is 5.97 Å². The van der Waals surface area contributed by atoms with Crippen molar-refractivity contribution in [3.05, 3.63) is 58.8 Å². The predicted octanol–water partition coefficient (Wildman–Crippen LogP) is 3.11. The molecule has 8 nitrogen and oxygen atoms in total. The minimum atomic E-state index is -0.735. The normalized spacial score (nSPS) is 19.9. The van der Waals surface area contributed by atoms with Crippen LogP contribution in [0.1, 0.15) is 59.7 Å². The third-order valence-electron chi connectivity index (χ3n) is 6.04. The van der Waals surface area contributed by atoms with Gasteiger partial charge in [0.05, 0.1) is 35.9 Å². The number of nitrogens with zero attached hydrogens (tertiary/aromatic N) is 3. The maximum absolute atomic E-state index is 12.2. The molecular formula is C24H28N4O4. The zero-order chi connectivity index (χ0) is 23.0. The molecular weight excluding hydrogens is 408 g/mol. The largest absolute Gasteiger partial charge is 0.481 e. The number of cyclic esters (lactones) is 1. The Morgan fingerprint density at radius 1 is 1.12 bits per heavy atom. The summed E-state index contributed by atoms with van der Waals surface area (Å²) in [6.07, 6.45) is 3.79. The molecule has 0 radical (unpaired) electrons. The van der Waals surface area contributed by atoms with E-state index >= 15 is 0 Å². The molecule has 3 aromatic rings. The number of methoxy groups -OCH3 is 2. The number of nitrogens with two attached hydrogens (primary N) is 1. The van der Waals surface area contributed by atoms with E-state index in [1.165, 1.54) is 0 Å². The van der Waals surface area contributed by atoms with Gasteiger partial charge < -0.3 is 19.9 Å². The van der Waals surface area contributed by atoms with Crippen LogP contribution in [0.4, 0.5) is 0 Å². The van der Waals surface area contributed by atoms with Crippen LogP contribution in [0.5, 0.6) is 5.88 Å². The Kier molecular flexibility index (Phi) is 5.83. The van der Waals surface area contributed by atoms with Crippen molar-refractivity contribution in [1.82, 2.24) is 15.0 Å². The monoisotopic (exact) mass is 436 g/mol. The quantitative estimate of drug-likeness (QED) is 0.587. The number of carbonyl (C=O) groups is 1. The van der Waals surface area contributed by atoms with Gasteiger partial charge in [-0.3, -0.25) is 9.97 Å². The molecule has 3 atom stereocenters. The summed E-state index contributed by atoms with van der Waals surface area (Å²) in [5.74, 6) is 0.198. The lowest BCUT2D eigenvalue weighted by Gasteiger charge is -2.27. The summed E-state index contributed by atoms with van der Waals surface area (Å²) in [4.78, 5) is 26.0. The molecule has 0 fully saturated rings. The summed E-state index contributed by atoms with van der Waals surface area (Å²) in [6.45, 7) is 6.15. The van der Waals surface area contributed by atoms with E-state index in [0.29, 0.717) is 24.5 Å². The topological polar surface area (TPSA) is 109 Å². The second kappa shape index (κ2) is 8.44. The number of hydrogen-bond donors (Lipinski definition) is 1. The second-order valence-electron chi connectivity index (χ2n) is 8.56. The fraction of sp³-hybridized carbons (Fsp3) is 0.417. The lowest BCUT2D eigenvalue weighted by Crippen LogP contribution is -2.38. The van der Waals surface area contributed by atoms with Crippen molar-refractivity contribution >= 4 is 16.7 Å². The van der Waals surface area contributed by atoms with Crippen LogP contribution >= 0.6 is 0 Å². The molecule has 8 heteroatoms. The molecule has 3 aromatic heterocycles. The van der Waals surface area contributed by atoms with E-state index in [-0.39, 0.29) is 18.0 Å². The Balaban J connectivity index is 1.75. The van der Waals surface area contributed by atoms with Crippen LogP contribution in [-0.2, 0) is 21.4 Å². The van der Waals surface area contributed by atoms with E-state index < -0.39 is 5.54 Å². The fourth-order valence-electron chi connectivity index (χ4n) is 4.12. The van der Waals surface area contributed by atoms with Gasteiger partial charge in [0.25, 0.3) is 0 Å². The molecule has 0 saturated heterocycles. The lowest BCUT2D eigenvalue weighted by atomic mass is 9.91. The predicted molar refractivity (Wildman–Crippen MR) is 120 cm³/mol.